The van der Waals surface area contributed by atoms with Gasteiger partial charge >= 0.3 is 6.09 Å². The molecule has 0 spiro atoms. The van der Waals surface area contributed by atoms with E-state index in [1.807, 2.05) is 0 Å². The highest BCUT2D eigenvalue weighted by Crippen LogP contribution is 2.33. The SMILES string of the molecule is NC(=O)Oc1ccccc1-c1c(F)cccc1F. The van der Waals surface area contributed by atoms with Crippen LogP contribution in [0.1, 0.15) is 0 Å². The van der Waals surface area contributed by atoms with Crippen molar-refractivity contribution < 1.29 is 18.3 Å². The zero-order chi connectivity index (χ0) is 13.1. The molecular formula is C13H9F2NO2. The Kier molecular flexibility index (Phi) is 3.23. The molecule has 0 saturated heterocycles. The Hall–Kier alpha value is -2.43. The summed E-state index contributed by atoms with van der Waals surface area (Å²) in [6.07, 6.45) is -1.04. The first-order chi connectivity index (χ1) is 8.59. The lowest BCUT2D eigenvalue weighted by Crippen LogP contribution is -2.16. The van der Waals surface area contributed by atoms with Crippen LogP contribution in [0, 0.1) is 11.6 Å². The number of primary amides is 1. The third kappa shape index (κ3) is 2.29. The first-order valence-corrected chi connectivity index (χ1v) is 5.10. The minimum Gasteiger partial charge on any atom is -0.410 e. The quantitative estimate of drug-likeness (QED) is 0.889. The van der Waals surface area contributed by atoms with E-state index >= 15 is 0 Å². The van der Waals surface area contributed by atoms with E-state index in [0.29, 0.717) is 0 Å². The van der Waals surface area contributed by atoms with Gasteiger partial charge in [-0.25, -0.2) is 13.6 Å². The summed E-state index contributed by atoms with van der Waals surface area (Å²) in [6, 6.07) is 9.51. The molecular weight excluding hydrogens is 240 g/mol. The molecule has 0 bridgehead atoms. The zero-order valence-corrected chi connectivity index (χ0v) is 9.19. The second-order valence-corrected chi connectivity index (χ2v) is 3.51. The van der Waals surface area contributed by atoms with Crippen molar-refractivity contribution in [3.63, 3.8) is 0 Å². The number of amides is 1. The maximum Gasteiger partial charge on any atom is 0.409 e. The number of hydrogen-bond acceptors (Lipinski definition) is 2. The molecule has 5 heteroatoms. The standard InChI is InChI=1S/C13H9F2NO2/c14-9-5-3-6-10(15)12(9)8-4-1-2-7-11(8)18-13(16)17/h1-7H,(H2,16,17). The first-order valence-electron chi connectivity index (χ1n) is 5.10. The van der Waals surface area contributed by atoms with Crippen LogP contribution < -0.4 is 10.5 Å². The van der Waals surface area contributed by atoms with E-state index in [1.165, 1.54) is 18.2 Å². The number of rotatable bonds is 2. The Morgan fingerprint density at radius 1 is 1.00 bits per heavy atom. The summed E-state index contributed by atoms with van der Waals surface area (Å²) < 4.78 is 32.0. The second-order valence-electron chi connectivity index (χ2n) is 3.51. The van der Waals surface area contributed by atoms with Crippen LogP contribution >= 0.6 is 0 Å². The van der Waals surface area contributed by atoms with Gasteiger partial charge in [-0.1, -0.05) is 24.3 Å². The van der Waals surface area contributed by atoms with Gasteiger partial charge in [0.15, 0.2) is 0 Å². The summed E-state index contributed by atoms with van der Waals surface area (Å²) in [6.45, 7) is 0. The van der Waals surface area contributed by atoms with Crippen LogP contribution in [-0.2, 0) is 0 Å². The Bertz CT molecular complexity index is 579. The molecule has 0 atom stereocenters. The number of halogens is 2. The predicted octanol–water partition coefficient (Wildman–Crippen LogP) is 3.09. The molecule has 0 unspecified atom stereocenters. The number of benzene rings is 2. The number of hydrogen-bond donors (Lipinski definition) is 1. The Labute approximate surface area is 102 Å². The Morgan fingerprint density at radius 3 is 2.22 bits per heavy atom. The van der Waals surface area contributed by atoms with Crippen molar-refractivity contribution in [2.75, 3.05) is 0 Å². The summed E-state index contributed by atoms with van der Waals surface area (Å²) in [5, 5.41) is 0. The summed E-state index contributed by atoms with van der Waals surface area (Å²) >= 11 is 0. The average Bonchev–Trinajstić information content (AvgIpc) is 2.30. The first kappa shape index (κ1) is 12.0. The van der Waals surface area contributed by atoms with Crippen LogP contribution in [0.3, 0.4) is 0 Å². The molecule has 0 aliphatic rings. The number of carbonyl (C=O) groups excluding carboxylic acids is 1. The monoisotopic (exact) mass is 249 g/mol. The van der Waals surface area contributed by atoms with E-state index in [9.17, 15) is 13.6 Å². The van der Waals surface area contributed by atoms with Crippen molar-refractivity contribution in [1.82, 2.24) is 0 Å². The molecule has 18 heavy (non-hydrogen) atoms. The highest BCUT2D eigenvalue weighted by molar-refractivity contribution is 5.76. The molecule has 2 N–H and O–H groups in total. The molecule has 0 aliphatic carbocycles. The molecule has 0 aliphatic heterocycles. The minimum atomic E-state index is -1.04. The van der Waals surface area contributed by atoms with Crippen molar-refractivity contribution in [3.8, 4) is 16.9 Å². The van der Waals surface area contributed by atoms with Gasteiger partial charge in [0.1, 0.15) is 17.4 Å². The smallest absolute Gasteiger partial charge is 0.409 e. The van der Waals surface area contributed by atoms with Crippen LogP contribution in [0.5, 0.6) is 5.75 Å². The van der Waals surface area contributed by atoms with Gasteiger partial charge in [-0.2, -0.15) is 0 Å². The summed E-state index contributed by atoms with van der Waals surface area (Å²) in [5.74, 6) is -1.47. The molecule has 0 radical (unpaired) electrons. The van der Waals surface area contributed by atoms with Crippen LogP contribution in [0.4, 0.5) is 13.6 Å². The van der Waals surface area contributed by atoms with E-state index in [0.717, 1.165) is 12.1 Å². The topological polar surface area (TPSA) is 52.3 Å². The number of para-hydroxylation sites is 1. The highest BCUT2D eigenvalue weighted by atomic mass is 19.1. The molecule has 0 fully saturated rings. The number of carbonyl (C=O) groups is 1. The Morgan fingerprint density at radius 2 is 1.61 bits per heavy atom. The van der Waals surface area contributed by atoms with Crippen molar-refractivity contribution in [2.45, 2.75) is 0 Å². The largest absolute Gasteiger partial charge is 0.410 e. The van der Waals surface area contributed by atoms with Gasteiger partial charge in [-0.3, -0.25) is 0 Å². The maximum absolute atomic E-state index is 13.6. The molecule has 92 valence electrons. The van der Waals surface area contributed by atoms with Gasteiger partial charge in [0, 0.05) is 5.56 Å². The van der Waals surface area contributed by atoms with E-state index in [1.54, 1.807) is 12.1 Å². The van der Waals surface area contributed by atoms with Gasteiger partial charge in [0.25, 0.3) is 0 Å². The van der Waals surface area contributed by atoms with E-state index in [-0.39, 0.29) is 16.9 Å². The molecule has 1 amide bonds. The van der Waals surface area contributed by atoms with E-state index < -0.39 is 17.7 Å². The molecule has 0 saturated carbocycles. The van der Waals surface area contributed by atoms with Crippen molar-refractivity contribution in [1.29, 1.82) is 0 Å². The number of nitrogens with two attached hydrogens (primary N) is 1. The molecule has 3 nitrogen and oxygen atoms in total. The lowest BCUT2D eigenvalue weighted by molar-refractivity contribution is 0.211. The zero-order valence-electron chi connectivity index (χ0n) is 9.19. The lowest BCUT2D eigenvalue weighted by Gasteiger charge is -2.10. The summed E-state index contributed by atoms with van der Waals surface area (Å²) in [7, 11) is 0. The predicted molar refractivity (Wildman–Crippen MR) is 62.0 cm³/mol. The fraction of sp³-hybridized carbons (Fsp3) is 0. The van der Waals surface area contributed by atoms with Crippen LogP contribution in [-0.4, -0.2) is 6.09 Å². The van der Waals surface area contributed by atoms with E-state index in [2.05, 4.69) is 0 Å². The van der Waals surface area contributed by atoms with Gasteiger partial charge in [-0.15, -0.1) is 0 Å². The molecule has 2 aromatic rings. The normalized spacial score (nSPS) is 10.1. The van der Waals surface area contributed by atoms with Gasteiger partial charge < -0.3 is 10.5 Å². The van der Waals surface area contributed by atoms with Crippen LogP contribution in [0.25, 0.3) is 11.1 Å². The lowest BCUT2D eigenvalue weighted by atomic mass is 10.0. The Balaban J connectivity index is 2.60. The highest BCUT2D eigenvalue weighted by Gasteiger charge is 2.16. The molecule has 2 rings (SSSR count). The van der Waals surface area contributed by atoms with Gasteiger partial charge in [0.05, 0.1) is 5.56 Å². The maximum atomic E-state index is 13.6. The summed E-state index contributed by atoms with van der Waals surface area (Å²) in [5.41, 5.74) is 4.78. The van der Waals surface area contributed by atoms with E-state index in [4.69, 9.17) is 10.5 Å². The van der Waals surface area contributed by atoms with Gasteiger partial charge in [-0.05, 0) is 18.2 Å². The van der Waals surface area contributed by atoms with Crippen molar-refractivity contribution in [3.05, 3.63) is 54.1 Å². The van der Waals surface area contributed by atoms with Crippen molar-refractivity contribution >= 4 is 6.09 Å². The van der Waals surface area contributed by atoms with Crippen molar-refractivity contribution in [2.24, 2.45) is 5.73 Å². The third-order valence-electron chi connectivity index (χ3n) is 2.33. The summed E-state index contributed by atoms with van der Waals surface area (Å²) in [4.78, 5) is 10.7. The minimum absolute atomic E-state index is 0.00833. The molecule has 2 aromatic carbocycles. The van der Waals surface area contributed by atoms with Crippen LogP contribution in [0.15, 0.2) is 42.5 Å². The fourth-order valence-corrected chi connectivity index (χ4v) is 1.63. The molecule has 0 heterocycles. The van der Waals surface area contributed by atoms with Gasteiger partial charge in [0.2, 0.25) is 0 Å². The average molecular weight is 249 g/mol. The van der Waals surface area contributed by atoms with Crippen LogP contribution in [0.2, 0.25) is 0 Å². The fourth-order valence-electron chi connectivity index (χ4n) is 1.63. The second kappa shape index (κ2) is 4.83. The molecule has 0 aromatic heterocycles. The third-order valence-corrected chi connectivity index (χ3v) is 2.33. The number of ether oxygens (including phenoxy) is 1.